The average Bonchev–Trinajstić information content (AvgIpc) is 2.94. The van der Waals surface area contributed by atoms with Gasteiger partial charge in [-0.25, -0.2) is 4.98 Å². The zero-order chi connectivity index (χ0) is 12.5. The van der Waals surface area contributed by atoms with Crippen molar-refractivity contribution in [1.29, 1.82) is 0 Å². The number of nitrogens with zero attached hydrogens (tertiary/aromatic N) is 1. The fraction of sp³-hybridized carbons (Fsp3) is 0.583. The fourth-order valence-electron chi connectivity index (χ4n) is 2.41. The van der Waals surface area contributed by atoms with Crippen LogP contribution in [0.15, 0.2) is 0 Å². The van der Waals surface area contributed by atoms with Crippen molar-refractivity contribution >= 4 is 28.3 Å². The maximum absolute atomic E-state index is 11.9. The molecule has 0 radical (unpaired) electrons. The number of nitrogens with one attached hydrogen (secondary N) is 2. The molecule has 1 saturated heterocycles. The highest BCUT2D eigenvalue weighted by Crippen LogP contribution is 2.29. The van der Waals surface area contributed by atoms with E-state index in [4.69, 9.17) is 0 Å². The number of carbonyl (C=O) groups excluding carboxylic acids is 2. The number of hydrogen-bond acceptors (Lipinski definition) is 4. The third-order valence-electron chi connectivity index (χ3n) is 3.39. The Morgan fingerprint density at radius 3 is 2.89 bits per heavy atom. The maximum atomic E-state index is 11.9. The highest BCUT2D eigenvalue weighted by molar-refractivity contribution is 7.15. The van der Waals surface area contributed by atoms with E-state index in [0.717, 1.165) is 18.5 Å². The van der Waals surface area contributed by atoms with Gasteiger partial charge in [-0.1, -0.05) is 0 Å². The maximum Gasteiger partial charge on any atom is 0.248 e. The molecule has 1 aliphatic heterocycles. The van der Waals surface area contributed by atoms with Gasteiger partial charge in [0.15, 0.2) is 5.13 Å². The second-order valence-electron chi connectivity index (χ2n) is 4.74. The van der Waals surface area contributed by atoms with Crippen LogP contribution < -0.4 is 10.6 Å². The van der Waals surface area contributed by atoms with Gasteiger partial charge in [-0.05, 0) is 32.1 Å². The Labute approximate surface area is 109 Å². The minimum atomic E-state index is -0.390. The summed E-state index contributed by atoms with van der Waals surface area (Å²) in [5.74, 6) is -0.194. The molecule has 6 heteroatoms. The number of aryl methyl sites for hydroxylation is 2. The van der Waals surface area contributed by atoms with Crippen LogP contribution in [-0.4, -0.2) is 22.8 Å². The molecule has 1 aromatic heterocycles. The zero-order valence-corrected chi connectivity index (χ0v) is 10.8. The molecule has 2 heterocycles. The van der Waals surface area contributed by atoms with Crippen molar-refractivity contribution in [2.24, 2.45) is 0 Å². The van der Waals surface area contributed by atoms with Gasteiger partial charge in [-0.3, -0.25) is 9.59 Å². The largest absolute Gasteiger partial charge is 0.344 e. The third kappa shape index (κ3) is 2.25. The van der Waals surface area contributed by atoms with Crippen LogP contribution in [-0.2, 0) is 22.4 Å². The Bertz CT molecular complexity index is 474. The molecule has 96 valence electrons. The average molecular weight is 265 g/mol. The molecule has 0 bridgehead atoms. The molecule has 2 amide bonds. The summed E-state index contributed by atoms with van der Waals surface area (Å²) in [4.78, 5) is 28.7. The number of anilines is 1. The Morgan fingerprint density at radius 2 is 2.17 bits per heavy atom. The molecular weight excluding hydrogens is 250 g/mol. The number of fused-ring (bicyclic) bond motifs is 1. The van der Waals surface area contributed by atoms with Gasteiger partial charge in [0.1, 0.15) is 6.04 Å². The molecule has 0 spiro atoms. The van der Waals surface area contributed by atoms with Gasteiger partial charge in [-0.2, -0.15) is 0 Å². The molecule has 3 rings (SSSR count). The van der Waals surface area contributed by atoms with E-state index in [-0.39, 0.29) is 11.8 Å². The first-order valence-electron chi connectivity index (χ1n) is 6.31. The van der Waals surface area contributed by atoms with E-state index in [1.165, 1.54) is 17.7 Å². The zero-order valence-electron chi connectivity index (χ0n) is 9.99. The van der Waals surface area contributed by atoms with Gasteiger partial charge in [0.25, 0.3) is 0 Å². The lowest BCUT2D eigenvalue weighted by Gasteiger charge is -2.08. The number of rotatable bonds is 2. The Morgan fingerprint density at radius 1 is 1.33 bits per heavy atom. The van der Waals surface area contributed by atoms with Gasteiger partial charge in [0.2, 0.25) is 11.8 Å². The van der Waals surface area contributed by atoms with Crippen LogP contribution in [0.4, 0.5) is 5.13 Å². The van der Waals surface area contributed by atoms with E-state index in [1.807, 2.05) is 0 Å². The summed E-state index contributed by atoms with van der Waals surface area (Å²) in [7, 11) is 0. The second kappa shape index (κ2) is 4.68. The first-order valence-corrected chi connectivity index (χ1v) is 7.13. The quantitative estimate of drug-likeness (QED) is 0.845. The number of hydrogen-bond donors (Lipinski definition) is 2. The smallest absolute Gasteiger partial charge is 0.248 e. The highest BCUT2D eigenvalue weighted by Gasteiger charge is 2.28. The summed E-state index contributed by atoms with van der Waals surface area (Å²) in [5, 5.41) is 6.15. The van der Waals surface area contributed by atoms with Gasteiger partial charge in [-0.15, -0.1) is 11.3 Å². The SMILES string of the molecule is O=C1CCC(C(=O)Nc2nc3c(s2)CCCC3)N1. The molecule has 1 aromatic rings. The van der Waals surface area contributed by atoms with E-state index in [1.54, 1.807) is 11.3 Å². The Hall–Kier alpha value is -1.43. The van der Waals surface area contributed by atoms with E-state index in [0.29, 0.717) is 18.0 Å². The van der Waals surface area contributed by atoms with Gasteiger partial charge < -0.3 is 10.6 Å². The van der Waals surface area contributed by atoms with Crippen molar-refractivity contribution in [3.8, 4) is 0 Å². The lowest BCUT2D eigenvalue weighted by Crippen LogP contribution is -2.37. The van der Waals surface area contributed by atoms with Gasteiger partial charge >= 0.3 is 0 Å². The van der Waals surface area contributed by atoms with Crippen LogP contribution in [0.5, 0.6) is 0 Å². The summed E-state index contributed by atoms with van der Waals surface area (Å²) in [6.45, 7) is 0. The highest BCUT2D eigenvalue weighted by atomic mass is 32.1. The predicted molar refractivity (Wildman–Crippen MR) is 68.6 cm³/mol. The van der Waals surface area contributed by atoms with Crippen molar-refractivity contribution < 1.29 is 9.59 Å². The van der Waals surface area contributed by atoms with E-state index in [2.05, 4.69) is 15.6 Å². The van der Waals surface area contributed by atoms with Crippen molar-refractivity contribution in [2.75, 3.05) is 5.32 Å². The molecular formula is C12H15N3O2S. The summed E-state index contributed by atoms with van der Waals surface area (Å²) >= 11 is 1.57. The minimum absolute atomic E-state index is 0.0476. The van der Waals surface area contributed by atoms with E-state index in [9.17, 15) is 9.59 Å². The molecule has 18 heavy (non-hydrogen) atoms. The molecule has 1 unspecified atom stereocenters. The van der Waals surface area contributed by atoms with Gasteiger partial charge in [0.05, 0.1) is 5.69 Å². The normalized spacial score (nSPS) is 22.4. The third-order valence-corrected chi connectivity index (χ3v) is 4.46. The minimum Gasteiger partial charge on any atom is -0.344 e. The van der Waals surface area contributed by atoms with Crippen molar-refractivity contribution in [3.63, 3.8) is 0 Å². The predicted octanol–water partition coefficient (Wildman–Crippen LogP) is 1.24. The van der Waals surface area contributed by atoms with Crippen LogP contribution in [0.2, 0.25) is 0 Å². The Kier molecular flexibility index (Phi) is 3.03. The van der Waals surface area contributed by atoms with Crippen molar-refractivity contribution in [3.05, 3.63) is 10.6 Å². The van der Waals surface area contributed by atoms with Crippen LogP contribution in [0, 0.1) is 0 Å². The number of thiazole rings is 1. The van der Waals surface area contributed by atoms with E-state index < -0.39 is 6.04 Å². The molecule has 2 aliphatic rings. The van der Waals surface area contributed by atoms with E-state index >= 15 is 0 Å². The number of carbonyl (C=O) groups is 2. The second-order valence-corrected chi connectivity index (χ2v) is 5.83. The molecule has 0 aromatic carbocycles. The van der Waals surface area contributed by atoms with Crippen LogP contribution in [0.1, 0.15) is 36.3 Å². The molecule has 5 nitrogen and oxygen atoms in total. The molecule has 1 atom stereocenters. The monoisotopic (exact) mass is 265 g/mol. The number of amides is 2. The standard InChI is InChI=1S/C12H15N3O2S/c16-10-6-5-8(13-10)11(17)15-12-14-7-3-1-2-4-9(7)18-12/h8H,1-6H2,(H,13,16)(H,14,15,17). The fourth-order valence-corrected chi connectivity index (χ4v) is 3.46. The van der Waals surface area contributed by atoms with Crippen LogP contribution >= 0.6 is 11.3 Å². The summed E-state index contributed by atoms with van der Waals surface area (Å²) < 4.78 is 0. The summed E-state index contributed by atoms with van der Waals surface area (Å²) in [5.41, 5.74) is 1.14. The first-order chi connectivity index (χ1) is 8.72. The molecule has 2 N–H and O–H groups in total. The molecule has 1 fully saturated rings. The lowest BCUT2D eigenvalue weighted by atomic mass is 10.0. The lowest BCUT2D eigenvalue weighted by molar-refractivity contribution is -0.122. The summed E-state index contributed by atoms with van der Waals surface area (Å²) in [6, 6.07) is -0.390. The number of aromatic nitrogens is 1. The Balaban J connectivity index is 1.67. The molecule has 0 saturated carbocycles. The van der Waals surface area contributed by atoms with Crippen molar-refractivity contribution in [2.45, 2.75) is 44.6 Å². The van der Waals surface area contributed by atoms with Crippen LogP contribution in [0.3, 0.4) is 0 Å². The molecule has 1 aliphatic carbocycles. The van der Waals surface area contributed by atoms with Crippen LogP contribution in [0.25, 0.3) is 0 Å². The van der Waals surface area contributed by atoms with Gasteiger partial charge in [0, 0.05) is 11.3 Å². The first kappa shape index (κ1) is 11.6. The van der Waals surface area contributed by atoms with Crippen molar-refractivity contribution in [1.82, 2.24) is 10.3 Å². The topological polar surface area (TPSA) is 71.1 Å². The summed E-state index contributed by atoms with van der Waals surface area (Å²) in [6.07, 6.45) is 5.50.